The van der Waals surface area contributed by atoms with Crippen molar-refractivity contribution in [2.75, 3.05) is 5.73 Å². The molecule has 0 fully saturated rings. The molecule has 0 heterocycles. The van der Waals surface area contributed by atoms with Gasteiger partial charge in [-0.2, -0.15) is 0 Å². The van der Waals surface area contributed by atoms with Gasteiger partial charge in [-0.05, 0) is 18.6 Å². The van der Waals surface area contributed by atoms with Gasteiger partial charge in [-0.1, -0.05) is 63.6 Å². The van der Waals surface area contributed by atoms with Crippen LogP contribution in [0.2, 0.25) is 0 Å². The number of benzene rings is 1. The molecule has 0 saturated heterocycles. The lowest BCUT2D eigenvalue weighted by molar-refractivity contribution is -0.137. The van der Waals surface area contributed by atoms with Crippen molar-refractivity contribution < 1.29 is 9.90 Å². The van der Waals surface area contributed by atoms with Gasteiger partial charge in [0.15, 0.2) is 0 Å². The van der Waals surface area contributed by atoms with Crippen molar-refractivity contribution in [1.82, 2.24) is 0 Å². The minimum absolute atomic E-state index is 0.341. The number of hydrogen-bond acceptors (Lipinski definition) is 2. The number of hydrogen-bond donors (Lipinski definition) is 2. The summed E-state index contributed by atoms with van der Waals surface area (Å²) < 4.78 is 0. The maximum atomic E-state index is 10.1. The summed E-state index contributed by atoms with van der Waals surface area (Å²) >= 11 is 0. The van der Waals surface area contributed by atoms with Crippen molar-refractivity contribution in [1.29, 1.82) is 0 Å². The Bertz CT molecular complexity index is 312. The molecule has 0 radical (unpaired) electrons. The number of para-hydroxylation sites is 1. The zero-order valence-corrected chi connectivity index (χ0v) is 12.0. The van der Waals surface area contributed by atoms with Gasteiger partial charge in [-0.3, -0.25) is 4.79 Å². The van der Waals surface area contributed by atoms with Crippen LogP contribution in [0.1, 0.15) is 58.3 Å². The molecule has 1 aromatic carbocycles. The number of aliphatic carboxylic acids is 1. The van der Waals surface area contributed by atoms with Crippen LogP contribution >= 0.6 is 0 Å². The fraction of sp³-hybridized carbons (Fsp3) is 0.562. The van der Waals surface area contributed by atoms with Crippen LogP contribution in [-0.2, 0) is 4.79 Å². The van der Waals surface area contributed by atoms with Crippen molar-refractivity contribution in [3.63, 3.8) is 0 Å². The largest absolute Gasteiger partial charge is 0.481 e. The minimum atomic E-state index is -0.663. The highest BCUT2D eigenvalue weighted by molar-refractivity contribution is 5.66. The standard InChI is InChI=1S/C10H20O2.C6H7N/c1-2-3-4-5-6-7-8-9-10(11)12;7-6-4-2-1-3-5-6/h2-9H2,1H3,(H,11,12);1-5H,7H2. The smallest absolute Gasteiger partial charge is 0.303 e. The molecule has 0 aromatic heterocycles. The Balaban J connectivity index is 0.000000388. The molecular weight excluding hydrogens is 238 g/mol. The molecule has 0 saturated carbocycles. The maximum Gasteiger partial charge on any atom is 0.303 e. The molecule has 0 aliphatic heterocycles. The molecule has 1 rings (SSSR count). The molecule has 3 N–H and O–H groups in total. The van der Waals surface area contributed by atoms with Crippen molar-refractivity contribution in [2.45, 2.75) is 58.3 Å². The van der Waals surface area contributed by atoms with Crippen molar-refractivity contribution in [2.24, 2.45) is 0 Å². The quantitative estimate of drug-likeness (QED) is 0.538. The first-order chi connectivity index (χ1) is 9.16. The van der Waals surface area contributed by atoms with Crippen molar-refractivity contribution in [3.8, 4) is 0 Å². The molecular formula is C16H27NO2. The molecule has 0 amide bonds. The van der Waals surface area contributed by atoms with Gasteiger partial charge in [-0.25, -0.2) is 0 Å². The predicted molar refractivity (Wildman–Crippen MR) is 81.1 cm³/mol. The first-order valence-corrected chi connectivity index (χ1v) is 7.19. The molecule has 3 heteroatoms. The van der Waals surface area contributed by atoms with Crippen molar-refractivity contribution in [3.05, 3.63) is 30.3 Å². The molecule has 0 unspecified atom stereocenters. The summed E-state index contributed by atoms with van der Waals surface area (Å²) in [7, 11) is 0. The number of unbranched alkanes of at least 4 members (excludes halogenated alkanes) is 6. The lowest BCUT2D eigenvalue weighted by Crippen LogP contribution is -1.93. The van der Waals surface area contributed by atoms with Crippen LogP contribution in [-0.4, -0.2) is 11.1 Å². The average molecular weight is 265 g/mol. The molecule has 0 bridgehead atoms. The van der Waals surface area contributed by atoms with Gasteiger partial charge in [0.05, 0.1) is 0 Å². The van der Waals surface area contributed by atoms with E-state index in [-0.39, 0.29) is 0 Å². The number of rotatable bonds is 8. The van der Waals surface area contributed by atoms with Gasteiger partial charge in [-0.15, -0.1) is 0 Å². The molecule has 0 aliphatic rings. The Morgan fingerprint density at radius 1 is 1.00 bits per heavy atom. The second kappa shape index (κ2) is 12.9. The lowest BCUT2D eigenvalue weighted by Gasteiger charge is -1.98. The Morgan fingerprint density at radius 3 is 1.95 bits per heavy atom. The SMILES string of the molecule is CCCCCCCCCC(=O)O.Nc1ccccc1. The van der Waals surface area contributed by atoms with Crippen LogP contribution in [0.15, 0.2) is 30.3 Å². The van der Waals surface area contributed by atoms with E-state index in [4.69, 9.17) is 10.8 Å². The van der Waals surface area contributed by atoms with Crippen molar-refractivity contribution >= 4 is 11.7 Å². The van der Waals surface area contributed by atoms with Gasteiger partial charge in [0.25, 0.3) is 0 Å². The summed E-state index contributed by atoms with van der Waals surface area (Å²) in [6.07, 6.45) is 8.64. The molecule has 1 aromatic rings. The summed E-state index contributed by atoms with van der Waals surface area (Å²) in [5, 5.41) is 8.35. The van der Waals surface area contributed by atoms with Crippen LogP contribution in [0.25, 0.3) is 0 Å². The second-order valence-electron chi connectivity index (χ2n) is 4.68. The number of nitrogens with two attached hydrogens (primary N) is 1. The number of anilines is 1. The van der Waals surface area contributed by atoms with E-state index in [1.807, 2.05) is 30.3 Å². The zero-order valence-electron chi connectivity index (χ0n) is 12.0. The third kappa shape index (κ3) is 14.4. The Morgan fingerprint density at radius 2 is 1.53 bits per heavy atom. The zero-order chi connectivity index (χ0) is 14.3. The first kappa shape index (κ1) is 17.5. The minimum Gasteiger partial charge on any atom is -0.481 e. The Hall–Kier alpha value is -1.51. The lowest BCUT2D eigenvalue weighted by atomic mass is 10.1. The van der Waals surface area contributed by atoms with E-state index in [2.05, 4.69) is 6.92 Å². The van der Waals surface area contributed by atoms with Crippen LogP contribution in [0, 0.1) is 0 Å². The van der Waals surface area contributed by atoms with Gasteiger partial charge < -0.3 is 10.8 Å². The molecule has 0 atom stereocenters. The summed E-state index contributed by atoms with van der Waals surface area (Å²) in [6, 6.07) is 9.49. The number of carboxylic acid groups (broad SMARTS) is 1. The fourth-order valence-electron chi connectivity index (χ4n) is 1.69. The summed E-state index contributed by atoms with van der Waals surface area (Å²) in [5.41, 5.74) is 6.18. The highest BCUT2D eigenvalue weighted by Crippen LogP contribution is 2.07. The molecule has 0 spiro atoms. The highest BCUT2D eigenvalue weighted by Gasteiger charge is 1.95. The summed E-state index contributed by atoms with van der Waals surface area (Å²) in [4.78, 5) is 10.1. The van der Waals surface area contributed by atoms with Gasteiger partial charge >= 0.3 is 5.97 Å². The van der Waals surface area contributed by atoms with E-state index < -0.39 is 5.97 Å². The number of carbonyl (C=O) groups is 1. The Kier molecular flexibility index (Phi) is 11.9. The highest BCUT2D eigenvalue weighted by atomic mass is 16.4. The van der Waals surface area contributed by atoms with Gasteiger partial charge in [0.2, 0.25) is 0 Å². The average Bonchev–Trinajstić information content (AvgIpc) is 2.39. The van der Waals surface area contributed by atoms with Crippen LogP contribution < -0.4 is 5.73 Å². The molecule has 19 heavy (non-hydrogen) atoms. The maximum absolute atomic E-state index is 10.1. The van der Waals surface area contributed by atoms with E-state index in [9.17, 15) is 4.79 Å². The predicted octanol–water partition coefficient (Wildman–Crippen LogP) is 4.48. The number of nitrogen functional groups attached to an aromatic ring is 1. The third-order valence-corrected chi connectivity index (χ3v) is 2.79. The van der Waals surface area contributed by atoms with E-state index >= 15 is 0 Å². The normalized spacial score (nSPS) is 9.53. The number of carboxylic acids is 1. The van der Waals surface area contributed by atoms with Crippen LogP contribution in [0.3, 0.4) is 0 Å². The topological polar surface area (TPSA) is 63.3 Å². The van der Waals surface area contributed by atoms with E-state index in [1.54, 1.807) is 0 Å². The van der Waals surface area contributed by atoms with Crippen LogP contribution in [0.5, 0.6) is 0 Å². The van der Waals surface area contributed by atoms with E-state index in [1.165, 1.54) is 32.1 Å². The molecule has 0 aliphatic carbocycles. The van der Waals surface area contributed by atoms with E-state index in [0.717, 1.165) is 18.5 Å². The monoisotopic (exact) mass is 265 g/mol. The first-order valence-electron chi connectivity index (χ1n) is 7.19. The van der Waals surface area contributed by atoms with Gasteiger partial charge in [0.1, 0.15) is 0 Å². The third-order valence-electron chi connectivity index (χ3n) is 2.79. The molecule has 3 nitrogen and oxygen atoms in total. The Labute approximate surface area is 116 Å². The van der Waals surface area contributed by atoms with E-state index in [0.29, 0.717) is 6.42 Å². The summed E-state index contributed by atoms with van der Waals surface area (Å²) in [5.74, 6) is -0.663. The molecule has 108 valence electrons. The van der Waals surface area contributed by atoms with Gasteiger partial charge in [0, 0.05) is 12.1 Å². The fourth-order valence-corrected chi connectivity index (χ4v) is 1.69. The summed E-state index contributed by atoms with van der Waals surface area (Å²) in [6.45, 7) is 2.20. The van der Waals surface area contributed by atoms with Crippen LogP contribution in [0.4, 0.5) is 5.69 Å². The second-order valence-corrected chi connectivity index (χ2v) is 4.68.